The van der Waals surface area contributed by atoms with Crippen LogP contribution in [0.25, 0.3) is 0 Å². The molecule has 0 saturated carbocycles. The molecule has 0 radical (unpaired) electrons. The Kier molecular flexibility index (Phi) is 3.80. The van der Waals surface area contributed by atoms with Crippen LogP contribution < -0.4 is 5.32 Å². The van der Waals surface area contributed by atoms with Gasteiger partial charge in [-0.2, -0.15) is 0 Å². The minimum atomic E-state index is 0.260. The highest BCUT2D eigenvalue weighted by atomic mass is 16.3. The summed E-state index contributed by atoms with van der Waals surface area (Å²) < 4.78 is 0. The zero-order valence-electron chi connectivity index (χ0n) is 8.33. The average molecular weight is 189 g/mol. The van der Waals surface area contributed by atoms with Gasteiger partial charge in [-0.1, -0.05) is 31.7 Å². The van der Waals surface area contributed by atoms with Crippen molar-refractivity contribution in [3.63, 3.8) is 0 Å². The zero-order valence-corrected chi connectivity index (χ0v) is 8.33. The number of benzene rings is 1. The van der Waals surface area contributed by atoms with Crippen molar-refractivity contribution in [2.45, 2.75) is 13.3 Å². The maximum atomic E-state index is 9.51. The SMILES string of the molecule is C=C/C=C(\CC)Nc1ccccc1O. The lowest BCUT2D eigenvalue weighted by molar-refractivity contribution is 0.477. The number of para-hydroxylation sites is 2. The molecule has 0 heterocycles. The Morgan fingerprint density at radius 1 is 1.50 bits per heavy atom. The molecule has 0 unspecified atom stereocenters. The Bertz CT molecular complexity index is 342. The first kappa shape index (κ1) is 10.4. The first-order valence-electron chi connectivity index (χ1n) is 4.64. The van der Waals surface area contributed by atoms with Crippen LogP contribution in [0.2, 0.25) is 0 Å². The molecule has 2 N–H and O–H groups in total. The molecule has 1 rings (SSSR count). The normalized spacial score (nSPS) is 11.1. The third-order valence-electron chi connectivity index (χ3n) is 1.90. The maximum absolute atomic E-state index is 9.51. The molecule has 74 valence electrons. The fourth-order valence-corrected chi connectivity index (χ4v) is 1.14. The minimum absolute atomic E-state index is 0.260. The number of allylic oxidation sites excluding steroid dienone is 3. The van der Waals surface area contributed by atoms with E-state index in [-0.39, 0.29) is 5.75 Å². The summed E-state index contributed by atoms with van der Waals surface area (Å²) in [5, 5.41) is 12.6. The highest BCUT2D eigenvalue weighted by molar-refractivity contribution is 5.58. The fourth-order valence-electron chi connectivity index (χ4n) is 1.14. The molecule has 0 aliphatic rings. The molecule has 0 aliphatic heterocycles. The first-order valence-corrected chi connectivity index (χ1v) is 4.64. The van der Waals surface area contributed by atoms with Gasteiger partial charge in [0.15, 0.2) is 0 Å². The van der Waals surface area contributed by atoms with Gasteiger partial charge < -0.3 is 10.4 Å². The summed E-state index contributed by atoms with van der Waals surface area (Å²) in [5.74, 6) is 0.260. The predicted molar refractivity (Wildman–Crippen MR) is 60.3 cm³/mol. The standard InChI is InChI=1S/C12H15NO/c1-3-7-10(4-2)13-11-8-5-6-9-12(11)14/h3,5-9,13-14H,1,4H2,2H3/b10-7+. The summed E-state index contributed by atoms with van der Waals surface area (Å²) in [7, 11) is 0. The van der Waals surface area contributed by atoms with E-state index in [1.54, 1.807) is 18.2 Å². The number of hydrogen-bond donors (Lipinski definition) is 2. The third kappa shape index (κ3) is 2.66. The summed E-state index contributed by atoms with van der Waals surface area (Å²) in [4.78, 5) is 0. The summed E-state index contributed by atoms with van der Waals surface area (Å²) >= 11 is 0. The topological polar surface area (TPSA) is 32.3 Å². The summed E-state index contributed by atoms with van der Waals surface area (Å²) in [6, 6.07) is 7.16. The number of aromatic hydroxyl groups is 1. The highest BCUT2D eigenvalue weighted by Gasteiger charge is 1.99. The van der Waals surface area contributed by atoms with Gasteiger partial charge in [-0.3, -0.25) is 0 Å². The molecular formula is C12H15NO. The summed E-state index contributed by atoms with van der Waals surface area (Å²) in [6.45, 7) is 5.68. The van der Waals surface area contributed by atoms with E-state index in [2.05, 4.69) is 11.9 Å². The second kappa shape index (κ2) is 5.12. The Labute approximate surface area is 84.6 Å². The third-order valence-corrected chi connectivity index (χ3v) is 1.90. The second-order valence-electron chi connectivity index (χ2n) is 2.92. The van der Waals surface area contributed by atoms with Gasteiger partial charge in [0.25, 0.3) is 0 Å². The van der Waals surface area contributed by atoms with Crippen LogP contribution in [0.3, 0.4) is 0 Å². The molecule has 0 spiro atoms. The molecule has 2 nitrogen and oxygen atoms in total. The number of phenols is 1. The number of anilines is 1. The van der Waals surface area contributed by atoms with Gasteiger partial charge in [0.05, 0.1) is 5.69 Å². The van der Waals surface area contributed by atoms with Gasteiger partial charge in [0.1, 0.15) is 5.75 Å². The Balaban J connectivity index is 2.82. The Hall–Kier alpha value is -1.70. The average Bonchev–Trinajstić information content (AvgIpc) is 2.20. The van der Waals surface area contributed by atoms with E-state index in [4.69, 9.17) is 0 Å². The van der Waals surface area contributed by atoms with Gasteiger partial charge in [-0.05, 0) is 24.6 Å². The largest absolute Gasteiger partial charge is 0.506 e. The summed E-state index contributed by atoms with van der Waals surface area (Å²) in [5.41, 5.74) is 1.75. The van der Waals surface area contributed by atoms with Crippen molar-refractivity contribution in [1.82, 2.24) is 0 Å². The number of hydrogen-bond acceptors (Lipinski definition) is 2. The zero-order chi connectivity index (χ0) is 10.4. The van der Waals surface area contributed by atoms with E-state index in [0.29, 0.717) is 0 Å². The maximum Gasteiger partial charge on any atom is 0.139 e. The lowest BCUT2D eigenvalue weighted by Gasteiger charge is -2.09. The van der Waals surface area contributed by atoms with Gasteiger partial charge >= 0.3 is 0 Å². The van der Waals surface area contributed by atoms with Crippen LogP contribution in [0.5, 0.6) is 5.75 Å². The molecule has 0 saturated heterocycles. The first-order chi connectivity index (χ1) is 6.77. The molecule has 0 atom stereocenters. The quantitative estimate of drug-likeness (QED) is 0.562. The Morgan fingerprint density at radius 3 is 2.79 bits per heavy atom. The van der Waals surface area contributed by atoms with Crippen LogP contribution in [0, 0.1) is 0 Å². The van der Waals surface area contributed by atoms with Crippen LogP contribution in [0.4, 0.5) is 5.69 Å². The lowest BCUT2D eigenvalue weighted by Crippen LogP contribution is -1.97. The summed E-state index contributed by atoms with van der Waals surface area (Å²) in [6.07, 6.45) is 4.50. The number of rotatable bonds is 4. The van der Waals surface area contributed by atoms with Crippen molar-refractivity contribution in [3.05, 3.63) is 48.7 Å². The molecule has 0 fully saturated rings. The van der Waals surface area contributed by atoms with Crippen LogP contribution in [0.15, 0.2) is 48.7 Å². The Morgan fingerprint density at radius 2 is 2.21 bits per heavy atom. The van der Waals surface area contributed by atoms with Crippen molar-refractivity contribution in [2.75, 3.05) is 5.32 Å². The van der Waals surface area contributed by atoms with E-state index >= 15 is 0 Å². The molecule has 1 aromatic carbocycles. The fraction of sp³-hybridized carbons (Fsp3) is 0.167. The lowest BCUT2D eigenvalue weighted by atomic mass is 10.2. The smallest absolute Gasteiger partial charge is 0.139 e. The molecule has 0 bridgehead atoms. The molecule has 0 aliphatic carbocycles. The van der Waals surface area contributed by atoms with Crippen LogP contribution in [-0.2, 0) is 0 Å². The van der Waals surface area contributed by atoms with E-state index in [9.17, 15) is 5.11 Å². The molecular weight excluding hydrogens is 174 g/mol. The van der Waals surface area contributed by atoms with E-state index in [1.807, 2.05) is 25.1 Å². The van der Waals surface area contributed by atoms with Gasteiger partial charge in [0, 0.05) is 5.70 Å². The van der Waals surface area contributed by atoms with E-state index in [1.165, 1.54) is 0 Å². The molecule has 0 aromatic heterocycles. The molecule has 2 heteroatoms. The van der Waals surface area contributed by atoms with Crippen LogP contribution in [-0.4, -0.2) is 5.11 Å². The van der Waals surface area contributed by atoms with Crippen molar-refractivity contribution in [1.29, 1.82) is 0 Å². The van der Waals surface area contributed by atoms with Crippen molar-refractivity contribution in [3.8, 4) is 5.75 Å². The monoisotopic (exact) mass is 189 g/mol. The molecule has 1 aromatic rings. The van der Waals surface area contributed by atoms with Crippen molar-refractivity contribution in [2.24, 2.45) is 0 Å². The van der Waals surface area contributed by atoms with Gasteiger partial charge in [-0.15, -0.1) is 0 Å². The number of nitrogens with one attached hydrogen (secondary N) is 1. The predicted octanol–water partition coefficient (Wildman–Crippen LogP) is 3.28. The van der Waals surface area contributed by atoms with Crippen molar-refractivity contribution >= 4 is 5.69 Å². The van der Waals surface area contributed by atoms with Gasteiger partial charge in [0.2, 0.25) is 0 Å². The van der Waals surface area contributed by atoms with Crippen LogP contribution in [0.1, 0.15) is 13.3 Å². The van der Waals surface area contributed by atoms with E-state index in [0.717, 1.165) is 17.8 Å². The minimum Gasteiger partial charge on any atom is -0.506 e. The molecule has 14 heavy (non-hydrogen) atoms. The number of phenolic OH excluding ortho intramolecular Hbond substituents is 1. The van der Waals surface area contributed by atoms with Gasteiger partial charge in [-0.25, -0.2) is 0 Å². The highest BCUT2D eigenvalue weighted by Crippen LogP contribution is 2.23. The van der Waals surface area contributed by atoms with Crippen LogP contribution >= 0.6 is 0 Å². The van der Waals surface area contributed by atoms with E-state index < -0.39 is 0 Å². The van der Waals surface area contributed by atoms with Crippen molar-refractivity contribution < 1.29 is 5.11 Å². The molecule has 0 amide bonds. The second-order valence-corrected chi connectivity index (χ2v) is 2.92.